The van der Waals surface area contributed by atoms with Gasteiger partial charge in [0.25, 0.3) is 0 Å². The number of imidazole rings is 1. The van der Waals surface area contributed by atoms with Gasteiger partial charge in [0.1, 0.15) is 5.82 Å². The van der Waals surface area contributed by atoms with Gasteiger partial charge < -0.3 is 10.1 Å². The van der Waals surface area contributed by atoms with Gasteiger partial charge in [0.05, 0.1) is 11.9 Å². The van der Waals surface area contributed by atoms with Crippen molar-refractivity contribution in [2.24, 2.45) is 0 Å². The Bertz CT molecular complexity index is 503. The number of hydrogen-bond acceptors (Lipinski definition) is 2. The number of aliphatic hydroxyl groups excluding tert-OH is 1. The van der Waals surface area contributed by atoms with Crippen LogP contribution in [0.3, 0.4) is 0 Å². The average Bonchev–Trinajstić information content (AvgIpc) is 2.78. The molecule has 0 amide bonds. The third-order valence-electron chi connectivity index (χ3n) is 2.88. The summed E-state index contributed by atoms with van der Waals surface area (Å²) in [7, 11) is 0. The first-order valence-electron chi connectivity index (χ1n) is 5.93. The molecule has 90 valence electrons. The maximum Gasteiger partial charge on any atom is 0.106 e. The van der Waals surface area contributed by atoms with Crippen molar-refractivity contribution in [3.63, 3.8) is 0 Å². The molecule has 0 fully saturated rings. The highest BCUT2D eigenvalue weighted by Crippen LogP contribution is 2.22. The van der Waals surface area contributed by atoms with Crippen LogP contribution in [0.25, 0.3) is 11.3 Å². The van der Waals surface area contributed by atoms with Crippen molar-refractivity contribution in [2.45, 2.75) is 26.7 Å². The van der Waals surface area contributed by atoms with Crippen molar-refractivity contribution < 1.29 is 5.11 Å². The molecule has 2 aromatic rings. The Hall–Kier alpha value is -1.61. The van der Waals surface area contributed by atoms with E-state index in [-0.39, 0.29) is 6.61 Å². The number of hydrogen-bond donors (Lipinski definition) is 2. The lowest BCUT2D eigenvalue weighted by Gasteiger charge is -2.04. The SMILES string of the molecule is Cc1ccc(C)c(-c2cnc(CCCO)[nH]2)c1. The summed E-state index contributed by atoms with van der Waals surface area (Å²) in [6.45, 7) is 4.40. The van der Waals surface area contributed by atoms with Crippen molar-refractivity contribution in [1.29, 1.82) is 0 Å². The van der Waals surface area contributed by atoms with Crippen molar-refractivity contribution in [3.8, 4) is 11.3 Å². The van der Waals surface area contributed by atoms with Gasteiger partial charge in [-0.05, 0) is 31.9 Å². The van der Waals surface area contributed by atoms with E-state index in [1.165, 1.54) is 16.7 Å². The van der Waals surface area contributed by atoms with Gasteiger partial charge in [0.2, 0.25) is 0 Å². The number of benzene rings is 1. The predicted molar refractivity (Wildman–Crippen MR) is 68.9 cm³/mol. The Labute approximate surface area is 102 Å². The minimum absolute atomic E-state index is 0.208. The van der Waals surface area contributed by atoms with E-state index in [4.69, 9.17) is 5.11 Å². The highest BCUT2D eigenvalue weighted by molar-refractivity contribution is 5.63. The minimum atomic E-state index is 0.208. The summed E-state index contributed by atoms with van der Waals surface area (Å²) < 4.78 is 0. The molecule has 0 bridgehead atoms. The van der Waals surface area contributed by atoms with Gasteiger partial charge in [-0.1, -0.05) is 17.7 Å². The highest BCUT2D eigenvalue weighted by atomic mass is 16.2. The van der Waals surface area contributed by atoms with E-state index < -0.39 is 0 Å². The zero-order valence-electron chi connectivity index (χ0n) is 10.3. The molecule has 0 unspecified atom stereocenters. The molecule has 17 heavy (non-hydrogen) atoms. The third-order valence-corrected chi connectivity index (χ3v) is 2.88. The summed E-state index contributed by atoms with van der Waals surface area (Å²) >= 11 is 0. The average molecular weight is 230 g/mol. The quantitative estimate of drug-likeness (QED) is 0.848. The van der Waals surface area contributed by atoms with Gasteiger partial charge in [0.15, 0.2) is 0 Å². The van der Waals surface area contributed by atoms with Gasteiger partial charge in [-0.15, -0.1) is 0 Å². The van der Waals surface area contributed by atoms with Crippen LogP contribution < -0.4 is 0 Å². The first-order chi connectivity index (χ1) is 8.20. The maximum atomic E-state index is 8.79. The Morgan fingerprint density at radius 1 is 1.29 bits per heavy atom. The van der Waals surface area contributed by atoms with E-state index in [1.54, 1.807) is 0 Å². The molecule has 0 aliphatic carbocycles. The van der Waals surface area contributed by atoms with Crippen LogP contribution in [0.1, 0.15) is 23.4 Å². The molecule has 1 heterocycles. The third kappa shape index (κ3) is 2.74. The molecule has 0 atom stereocenters. The Balaban J connectivity index is 2.27. The molecule has 0 aliphatic rings. The zero-order chi connectivity index (χ0) is 12.3. The summed E-state index contributed by atoms with van der Waals surface area (Å²) in [4.78, 5) is 7.64. The van der Waals surface area contributed by atoms with Gasteiger partial charge in [-0.25, -0.2) is 4.98 Å². The van der Waals surface area contributed by atoms with Crippen molar-refractivity contribution >= 4 is 0 Å². The van der Waals surface area contributed by atoms with E-state index >= 15 is 0 Å². The van der Waals surface area contributed by atoms with Crippen LogP contribution in [-0.4, -0.2) is 21.7 Å². The Morgan fingerprint density at radius 2 is 2.12 bits per heavy atom. The monoisotopic (exact) mass is 230 g/mol. The Kier molecular flexibility index (Phi) is 3.59. The topological polar surface area (TPSA) is 48.9 Å². The normalized spacial score (nSPS) is 10.8. The smallest absolute Gasteiger partial charge is 0.106 e. The van der Waals surface area contributed by atoms with Crippen LogP contribution in [0.15, 0.2) is 24.4 Å². The van der Waals surface area contributed by atoms with Crippen LogP contribution in [-0.2, 0) is 6.42 Å². The number of aromatic nitrogens is 2. The predicted octanol–water partition coefficient (Wildman–Crippen LogP) is 2.62. The summed E-state index contributed by atoms with van der Waals surface area (Å²) in [5, 5.41) is 8.79. The second-order valence-corrected chi connectivity index (χ2v) is 4.39. The lowest BCUT2D eigenvalue weighted by molar-refractivity contribution is 0.287. The van der Waals surface area contributed by atoms with Crippen LogP contribution in [0.4, 0.5) is 0 Å². The number of aryl methyl sites for hydroxylation is 3. The molecular formula is C14H18N2O. The number of H-pyrrole nitrogens is 1. The van der Waals surface area contributed by atoms with Crippen LogP contribution in [0, 0.1) is 13.8 Å². The largest absolute Gasteiger partial charge is 0.396 e. The molecule has 0 radical (unpaired) electrons. The number of nitrogens with zero attached hydrogens (tertiary/aromatic N) is 1. The lowest BCUT2D eigenvalue weighted by Crippen LogP contribution is -1.91. The minimum Gasteiger partial charge on any atom is -0.396 e. The number of nitrogens with one attached hydrogen (secondary N) is 1. The van der Waals surface area contributed by atoms with Gasteiger partial charge in [0, 0.05) is 18.6 Å². The second-order valence-electron chi connectivity index (χ2n) is 4.39. The molecule has 2 N–H and O–H groups in total. The molecule has 3 heteroatoms. The van der Waals surface area contributed by atoms with Crippen molar-refractivity contribution in [1.82, 2.24) is 9.97 Å². The van der Waals surface area contributed by atoms with Crippen LogP contribution in [0.2, 0.25) is 0 Å². The number of rotatable bonds is 4. The maximum absolute atomic E-state index is 8.79. The van der Waals surface area contributed by atoms with Gasteiger partial charge in [-0.3, -0.25) is 0 Å². The van der Waals surface area contributed by atoms with Gasteiger partial charge >= 0.3 is 0 Å². The standard InChI is InChI=1S/C14H18N2O/c1-10-5-6-11(2)12(8-10)13-9-15-14(16-13)4-3-7-17/h5-6,8-9,17H,3-4,7H2,1-2H3,(H,15,16). The van der Waals surface area contributed by atoms with E-state index in [9.17, 15) is 0 Å². The van der Waals surface area contributed by atoms with E-state index in [1.807, 2.05) is 6.20 Å². The fourth-order valence-corrected chi connectivity index (χ4v) is 1.90. The second kappa shape index (κ2) is 5.15. The zero-order valence-corrected chi connectivity index (χ0v) is 10.3. The molecule has 2 rings (SSSR count). The van der Waals surface area contributed by atoms with E-state index in [2.05, 4.69) is 42.0 Å². The summed E-state index contributed by atoms with van der Waals surface area (Å²) in [6.07, 6.45) is 3.41. The fraction of sp³-hybridized carbons (Fsp3) is 0.357. The molecule has 1 aromatic carbocycles. The summed E-state index contributed by atoms with van der Waals surface area (Å²) in [6, 6.07) is 6.40. The molecular weight excluding hydrogens is 212 g/mol. The molecule has 0 saturated carbocycles. The lowest BCUT2D eigenvalue weighted by atomic mass is 10.0. The van der Waals surface area contributed by atoms with E-state index in [0.717, 1.165) is 24.4 Å². The molecule has 0 aliphatic heterocycles. The van der Waals surface area contributed by atoms with Crippen molar-refractivity contribution in [2.75, 3.05) is 6.61 Å². The van der Waals surface area contributed by atoms with E-state index in [0.29, 0.717) is 0 Å². The highest BCUT2D eigenvalue weighted by Gasteiger charge is 2.06. The van der Waals surface area contributed by atoms with Crippen LogP contribution in [0.5, 0.6) is 0 Å². The molecule has 0 spiro atoms. The van der Waals surface area contributed by atoms with Crippen LogP contribution >= 0.6 is 0 Å². The summed E-state index contributed by atoms with van der Waals surface area (Å²) in [5.41, 5.74) is 4.75. The fourth-order valence-electron chi connectivity index (χ4n) is 1.90. The first-order valence-corrected chi connectivity index (χ1v) is 5.93. The molecule has 0 saturated heterocycles. The first kappa shape index (κ1) is 11.9. The molecule has 1 aromatic heterocycles. The van der Waals surface area contributed by atoms with Crippen molar-refractivity contribution in [3.05, 3.63) is 41.3 Å². The number of aromatic amines is 1. The molecule has 3 nitrogen and oxygen atoms in total. The summed E-state index contributed by atoms with van der Waals surface area (Å²) in [5.74, 6) is 0.940. The number of aliphatic hydroxyl groups is 1. The Morgan fingerprint density at radius 3 is 2.88 bits per heavy atom. The van der Waals surface area contributed by atoms with Gasteiger partial charge in [-0.2, -0.15) is 0 Å².